The molecule has 0 saturated heterocycles. The van der Waals surface area contributed by atoms with Gasteiger partial charge in [0, 0.05) is 33.4 Å². The van der Waals surface area contributed by atoms with Crippen molar-refractivity contribution in [2.24, 2.45) is 0 Å². The lowest BCUT2D eigenvalue weighted by Crippen LogP contribution is -2.24. The van der Waals surface area contributed by atoms with Crippen molar-refractivity contribution in [3.8, 4) is 17.2 Å². The molecule has 0 amide bonds. The Morgan fingerprint density at radius 1 is 0.327 bits per heavy atom. The van der Waals surface area contributed by atoms with Crippen LogP contribution in [0.3, 0.4) is 0 Å². The predicted octanol–water partition coefficient (Wildman–Crippen LogP) is 14.2. The molecule has 0 aliphatic rings. The zero-order valence-electron chi connectivity index (χ0n) is 35.1. The van der Waals surface area contributed by atoms with Gasteiger partial charge in [-0.1, -0.05) is 161 Å². The van der Waals surface area contributed by atoms with E-state index >= 15 is 0 Å². The van der Waals surface area contributed by atoms with Crippen LogP contribution in [0.4, 0.5) is 0 Å². The molecule has 0 spiro atoms. The van der Waals surface area contributed by atoms with Crippen molar-refractivity contribution in [3.63, 3.8) is 0 Å². The van der Waals surface area contributed by atoms with Crippen LogP contribution in [0.2, 0.25) is 0 Å². The van der Waals surface area contributed by atoms with Gasteiger partial charge in [-0.15, -0.1) is 0 Å². The van der Waals surface area contributed by atoms with E-state index in [1.807, 2.05) is 0 Å². The van der Waals surface area contributed by atoms with Gasteiger partial charge in [0.1, 0.15) is 17.2 Å². The van der Waals surface area contributed by atoms with Crippen LogP contribution in [0, 0.1) is 20.8 Å². The van der Waals surface area contributed by atoms with Gasteiger partial charge < -0.3 is 13.6 Å². The summed E-state index contributed by atoms with van der Waals surface area (Å²) in [6.45, 7) is 47.3. The Kier molecular flexibility index (Phi) is 11.3. The normalized spacial score (nSPS) is 13.6. The number of benzene rings is 3. The summed E-state index contributed by atoms with van der Waals surface area (Å²) in [5.41, 5.74) is 9.59. The molecule has 3 rings (SSSR count). The molecule has 0 unspecified atom stereocenters. The third kappa shape index (κ3) is 9.24. The van der Waals surface area contributed by atoms with Crippen molar-refractivity contribution in [1.29, 1.82) is 0 Å². The summed E-state index contributed by atoms with van der Waals surface area (Å²) in [6.07, 6.45) is 0. The lowest BCUT2D eigenvalue weighted by Gasteiger charge is -2.36. The predicted molar refractivity (Wildman–Crippen MR) is 215 cm³/mol. The lowest BCUT2D eigenvalue weighted by molar-refractivity contribution is 0.357. The maximum absolute atomic E-state index is 7.39. The number of rotatable bonds is 6. The molecule has 3 nitrogen and oxygen atoms in total. The van der Waals surface area contributed by atoms with Gasteiger partial charge in [0.2, 0.25) is 0 Å². The number of hydrogen-bond donors (Lipinski definition) is 0. The monoisotopic (exact) mass is 688 g/mol. The molecule has 0 radical (unpaired) electrons. The van der Waals surface area contributed by atoms with Crippen molar-refractivity contribution in [3.05, 3.63) is 86.5 Å². The molecule has 0 saturated carbocycles. The van der Waals surface area contributed by atoms with E-state index in [2.05, 4.69) is 182 Å². The Morgan fingerprint density at radius 2 is 0.531 bits per heavy atom. The Bertz CT molecular complexity index is 1450. The molecule has 0 N–H and O–H groups in total. The fraction of sp³-hybridized carbons (Fsp3) is 0.600. The number of hydrogen-bond acceptors (Lipinski definition) is 3. The van der Waals surface area contributed by atoms with E-state index < -0.39 is 8.60 Å². The van der Waals surface area contributed by atoms with E-state index in [0.717, 1.165) is 33.9 Å². The van der Waals surface area contributed by atoms with Gasteiger partial charge in [0.15, 0.2) is 0 Å². The third-order valence-corrected chi connectivity index (χ3v) is 10.3. The zero-order valence-corrected chi connectivity index (χ0v) is 36.0. The SMILES string of the molecule is Cc1ccc(C(C)(C)C)c(OP(Oc2c(C(C)(C)C)ccc(C)c2C(C)(C)C)Oc2c(C(C)(C)C)ccc(C)c2C(C)(C)C)c1C(C)(C)C. The Morgan fingerprint density at radius 3 is 0.694 bits per heavy atom. The fourth-order valence-electron chi connectivity index (χ4n) is 7.18. The second-order valence-corrected chi connectivity index (χ2v) is 21.4. The highest BCUT2D eigenvalue weighted by Crippen LogP contribution is 2.55. The first kappa shape index (κ1) is 40.9. The van der Waals surface area contributed by atoms with Crippen LogP contribution in [0.25, 0.3) is 0 Å². The molecule has 0 aromatic heterocycles. The molecule has 0 bridgehead atoms. The second-order valence-electron chi connectivity index (χ2n) is 20.4. The molecule has 4 heteroatoms. The summed E-state index contributed by atoms with van der Waals surface area (Å²) in [5, 5.41) is 0. The van der Waals surface area contributed by atoms with Crippen LogP contribution in [-0.4, -0.2) is 0 Å². The van der Waals surface area contributed by atoms with Crippen LogP contribution in [0.1, 0.15) is 175 Å². The molecular weight excluding hydrogens is 619 g/mol. The Labute approximate surface area is 302 Å². The summed E-state index contributed by atoms with van der Waals surface area (Å²) in [4.78, 5) is 0. The minimum atomic E-state index is -2.01. The highest BCUT2D eigenvalue weighted by Gasteiger charge is 2.38. The first-order valence-electron chi connectivity index (χ1n) is 18.1. The van der Waals surface area contributed by atoms with Gasteiger partial charge in [0.25, 0.3) is 0 Å². The summed E-state index contributed by atoms with van der Waals surface area (Å²) in [6, 6.07) is 13.4. The van der Waals surface area contributed by atoms with Crippen LogP contribution in [-0.2, 0) is 32.5 Å². The van der Waals surface area contributed by atoms with Crippen LogP contribution >= 0.6 is 8.60 Å². The molecule has 3 aromatic rings. The van der Waals surface area contributed by atoms with Crippen molar-refractivity contribution in [2.45, 2.75) is 178 Å². The molecule has 272 valence electrons. The number of aryl methyl sites for hydroxylation is 3. The van der Waals surface area contributed by atoms with Gasteiger partial charge in [-0.3, -0.25) is 0 Å². The first-order chi connectivity index (χ1) is 21.9. The Balaban J connectivity index is 2.53. The van der Waals surface area contributed by atoms with Crippen molar-refractivity contribution < 1.29 is 13.6 Å². The minimum absolute atomic E-state index is 0.170. The van der Waals surface area contributed by atoms with Crippen LogP contribution in [0.5, 0.6) is 17.2 Å². The van der Waals surface area contributed by atoms with E-state index in [4.69, 9.17) is 13.6 Å². The molecule has 0 aliphatic heterocycles. The summed E-state index contributed by atoms with van der Waals surface area (Å²) >= 11 is 0. The molecule has 0 fully saturated rings. The minimum Gasteiger partial charge on any atom is -0.408 e. The summed E-state index contributed by atoms with van der Waals surface area (Å²) < 4.78 is 22.2. The van der Waals surface area contributed by atoms with Gasteiger partial charge in [-0.05, 0) is 70.0 Å². The zero-order chi connectivity index (χ0) is 37.9. The van der Waals surface area contributed by atoms with Crippen LogP contribution in [0.15, 0.2) is 36.4 Å². The molecule has 0 aliphatic carbocycles. The third-order valence-electron chi connectivity index (χ3n) is 9.27. The molecular formula is C45H69O3P. The van der Waals surface area contributed by atoms with Gasteiger partial charge in [0.05, 0.1) is 0 Å². The molecule has 3 aromatic carbocycles. The van der Waals surface area contributed by atoms with Gasteiger partial charge in [-0.25, -0.2) is 0 Å². The topological polar surface area (TPSA) is 27.7 Å². The van der Waals surface area contributed by atoms with E-state index in [9.17, 15) is 0 Å². The van der Waals surface area contributed by atoms with Crippen molar-refractivity contribution >= 4 is 8.60 Å². The smallest absolute Gasteiger partial charge is 0.408 e. The van der Waals surface area contributed by atoms with E-state index in [1.165, 1.54) is 33.4 Å². The maximum Gasteiger partial charge on any atom is 0.530 e. The van der Waals surface area contributed by atoms with Gasteiger partial charge in [-0.2, -0.15) is 0 Å². The molecule has 0 atom stereocenters. The highest BCUT2D eigenvalue weighted by molar-refractivity contribution is 7.43. The van der Waals surface area contributed by atoms with E-state index in [-0.39, 0.29) is 32.5 Å². The first-order valence-corrected chi connectivity index (χ1v) is 19.2. The highest BCUT2D eigenvalue weighted by atomic mass is 31.2. The molecule has 0 heterocycles. The summed E-state index contributed by atoms with van der Waals surface area (Å²) in [5.74, 6) is 2.61. The van der Waals surface area contributed by atoms with Crippen molar-refractivity contribution in [2.75, 3.05) is 0 Å². The quantitative estimate of drug-likeness (QED) is 0.241. The maximum atomic E-state index is 7.39. The Hall–Kier alpha value is -2.51. The largest absolute Gasteiger partial charge is 0.530 e. The second kappa shape index (κ2) is 13.6. The average molecular weight is 689 g/mol. The average Bonchev–Trinajstić information content (AvgIpc) is 2.84. The van der Waals surface area contributed by atoms with E-state index in [0.29, 0.717) is 0 Å². The standard InChI is InChI=1S/C45H69O3P/c1-28-22-25-31(40(4,5)6)37(34(28)43(13,14)15)46-49(47-38-32(41(7,8)9)26-23-29(2)35(38)44(16,17)18)48-39-33(42(10,11)12)27-24-30(3)36(39)45(19,20)21/h22-27H,1-21H3. The fourth-order valence-corrected chi connectivity index (χ4v) is 8.30. The lowest BCUT2D eigenvalue weighted by atomic mass is 9.77. The van der Waals surface area contributed by atoms with Crippen molar-refractivity contribution in [1.82, 2.24) is 0 Å². The molecule has 49 heavy (non-hydrogen) atoms. The van der Waals surface area contributed by atoms with Gasteiger partial charge >= 0.3 is 8.60 Å². The van der Waals surface area contributed by atoms with Crippen LogP contribution < -0.4 is 13.6 Å². The summed E-state index contributed by atoms with van der Waals surface area (Å²) in [7, 11) is -2.01. The van der Waals surface area contributed by atoms with E-state index in [1.54, 1.807) is 0 Å².